The number of hydrogen-bond acceptors (Lipinski definition) is 2. The van der Waals surface area contributed by atoms with E-state index in [9.17, 15) is 9.50 Å². The molecule has 0 aliphatic carbocycles. The van der Waals surface area contributed by atoms with E-state index in [1.54, 1.807) is 18.2 Å². The molecule has 2 nitrogen and oxygen atoms in total. The third-order valence-electron chi connectivity index (χ3n) is 1.49. The molecule has 0 saturated heterocycles. The third-order valence-corrected chi connectivity index (χ3v) is 1.95. The molecule has 0 spiro atoms. The molecule has 0 heterocycles. The van der Waals surface area contributed by atoms with Crippen LogP contribution in [0.15, 0.2) is 22.7 Å². The second-order valence-corrected chi connectivity index (χ2v) is 3.38. The first-order valence-electron chi connectivity index (χ1n) is 3.69. The lowest BCUT2D eigenvalue weighted by molar-refractivity contribution is 0.431. The van der Waals surface area contributed by atoms with Gasteiger partial charge in [0.2, 0.25) is 0 Å². The summed E-state index contributed by atoms with van der Waals surface area (Å²) in [5, 5.41) is 9.26. The van der Waals surface area contributed by atoms with Gasteiger partial charge >= 0.3 is 0 Å². The van der Waals surface area contributed by atoms with Crippen LogP contribution < -0.4 is 5.73 Å². The molecule has 0 aromatic heterocycles. The number of halogens is 2. The molecule has 0 saturated carbocycles. The summed E-state index contributed by atoms with van der Waals surface area (Å²) in [6.07, 6.45) is 3.21. The third kappa shape index (κ3) is 2.54. The van der Waals surface area contributed by atoms with Crippen molar-refractivity contribution >= 4 is 22.0 Å². The summed E-state index contributed by atoms with van der Waals surface area (Å²) in [5.74, 6) is -1.00. The lowest BCUT2D eigenvalue weighted by Gasteiger charge is -2.01. The van der Waals surface area contributed by atoms with Crippen molar-refractivity contribution in [2.45, 2.75) is 0 Å². The predicted molar refractivity (Wildman–Crippen MR) is 53.9 cm³/mol. The highest BCUT2D eigenvalue weighted by atomic mass is 79.9. The van der Waals surface area contributed by atoms with Gasteiger partial charge in [0, 0.05) is 16.6 Å². The van der Waals surface area contributed by atoms with Crippen LogP contribution in [0.5, 0.6) is 5.75 Å². The van der Waals surface area contributed by atoms with E-state index in [4.69, 9.17) is 5.73 Å². The van der Waals surface area contributed by atoms with Crippen molar-refractivity contribution in [3.63, 3.8) is 0 Å². The monoisotopic (exact) mass is 245 g/mol. The number of phenolic OH excluding ortho intramolecular Hbond substituents is 1. The van der Waals surface area contributed by atoms with Gasteiger partial charge in [-0.3, -0.25) is 0 Å². The zero-order chi connectivity index (χ0) is 9.84. The average Bonchev–Trinajstić information content (AvgIpc) is 2.09. The summed E-state index contributed by atoms with van der Waals surface area (Å²) >= 11 is 3.12. The van der Waals surface area contributed by atoms with Crippen LogP contribution in [0.1, 0.15) is 5.56 Å². The summed E-state index contributed by atoms with van der Waals surface area (Å²) in [6.45, 7) is 0.355. The maximum atomic E-state index is 12.9. The highest BCUT2D eigenvalue weighted by Crippen LogP contribution is 2.26. The van der Waals surface area contributed by atoms with Gasteiger partial charge in [0.25, 0.3) is 0 Å². The molecule has 4 heteroatoms. The van der Waals surface area contributed by atoms with E-state index >= 15 is 0 Å². The van der Waals surface area contributed by atoms with E-state index in [0.717, 1.165) is 0 Å². The summed E-state index contributed by atoms with van der Waals surface area (Å²) in [5.41, 5.74) is 5.64. The fourth-order valence-electron chi connectivity index (χ4n) is 0.908. The summed E-state index contributed by atoms with van der Waals surface area (Å²) in [6, 6.07) is 2.82. The minimum Gasteiger partial charge on any atom is -0.504 e. The topological polar surface area (TPSA) is 46.2 Å². The Morgan fingerprint density at radius 3 is 2.85 bits per heavy atom. The Hall–Kier alpha value is -0.870. The molecule has 1 aromatic carbocycles. The van der Waals surface area contributed by atoms with Crippen molar-refractivity contribution in [3.05, 3.63) is 34.1 Å². The number of benzene rings is 1. The molecule has 13 heavy (non-hydrogen) atoms. The summed E-state index contributed by atoms with van der Waals surface area (Å²) in [7, 11) is 0. The van der Waals surface area contributed by atoms with Gasteiger partial charge in [-0.05, 0) is 12.1 Å². The van der Waals surface area contributed by atoms with Gasteiger partial charge in [0.1, 0.15) is 0 Å². The van der Waals surface area contributed by atoms with E-state index in [-0.39, 0.29) is 5.75 Å². The van der Waals surface area contributed by atoms with Crippen LogP contribution in [0.4, 0.5) is 4.39 Å². The Morgan fingerprint density at radius 1 is 1.54 bits per heavy atom. The molecule has 0 bridgehead atoms. The van der Waals surface area contributed by atoms with Crippen LogP contribution in [0.2, 0.25) is 0 Å². The van der Waals surface area contributed by atoms with Gasteiger partial charge in [0.15, 0.2) is 11.6 Å². The fraction of sp³-hybridized carbons (Fsp3) is 0.111. The van der Waals surface area contributed by atoms with E-state index in [1.165, 1.54) is 6.07 Å². The molecule has 0 atom stereocenters. The molecule has 0 aliphatic rings. The molecule has 0 unspecified atom stereocenters. The van der Waals surface area contributed by atoms with E-state index in [1.807, 2.05) is 0 Å². The summed E-state index contributed by atoms with van der Waals surface area (Å²) < 4.78 is 13.5. The lowest BCUT2D eigenvalue weighted by Crippen LogP contribution is -1.92. The zero-order valence-corrected chi connectivity index (χ0v) is 8.38. The zero-order valence-electron chi connectivity index (χ0n) is 6.80. The second-order valence-electron chi connectivity index (χ2n) is 2.46. The van der Waals surface area contributed by atoms with Crippen LogP contribution in [-0.2, 0) is 0 Å². The minimum atomic E-state index is -0.647. The average molecular weight is 246 g/mol. The normalized spacial score (nSPS) is 11.0. The van der Waals surface area contributed by atoms with Crippen LogP contribution in [0.3, 0.4) is 0 Å². The Balaban J connectivity index is 3.12. The molecule has 70 valence electrons. The molecule has 1 rings (SSSR count). The highest BCUT2D eigenvalue weighted by Gasteiger charge is 2.05. The predicted octanol–water partition coefficient (Wildman–Crippen LogP) is 2.27. The van der Waals surface area contributed by atoms with Gasteiger partial charge in [-0.1, -0.05) is 28.1 Å². The largest absolute Gasteiger partial charge is 0.504 e. The second kappa shape index (κ2) is 4.39. The Labute approximate surface area is 84.0 Å². The van der Waals surface area contributed by atoms with E-state index in [2.05, 4.69) is 15.9 Å². The quantitative estimate of drug-likeness (QED) is 0.840. The number of phenols is 1. The van der Waals surface area contributed by atoms with Gasteiger partial charge < -0.3 is 10.8 Å². The van der Waals surface area contributed by atoms with E-state index < -0.39 is 5.82 Å². The van der Waals surface area contributed by atoms with E-state index in [0.29, 0.717) is 16.6 Å². The minimum absolute atomic E-state index is 0.354. The van der Waals surface area contributed by atoms with Crippen molar-refractivity contribution in [2.75, 3.05) is 6.54 Å². The number of aromatic hydroxyl groups is 1. The van der Waals surface area contributed by atoms with Gasteiger partial charge in [-0.25, -0.2) is 4.39 Å². The van der Waals surface area contributed by atoms with Crippen LogP contribution in [0.25, 0.3) is 6.08 Å². The molecule has 0 aliphatic heterocycles. The maximum absolute atomic E-state index is 12.9. The molecular weight excluding hydrogens is 237 g/mol. The molecular formula is C9H9BrFNO. The Bertz CT molecular complexity index is 339. The lowest BCUT2D eigenvalue weighted by atomic mass is 10.2. The number of rotatable bonds is 2. The molecule has 3 N–H and O–H groups in total. The first kappa shape index (κ1) is 10.2. The Morgan fingerprint density at radius 2 is 2.23 bits per heavy atom. The van der Waals surface area contributed by atoms with Crippen molar-refractivity contribution in [2.24, 2.45) is 5.73 Å². The molecule has 1 aromatic rings. The SMILES string of the molecule is NCC=Cc1cc(Br)cc(F)c1O. The first-order valence-corrected chi connectivity index (χ1v) is 4.49. The first-order chi connectivity index (χ1) is 6.15. The highest BCUT2D eigenvalue weighted by molar-refractivity contribution is 9.10. The van der Waals surface area contributed by atoms with Crippen molar-refractivity contribution < 1.29 is 9.50 Å². The van der Waals surface area contributed by atoms with Crippen molar-refractivity contribution in [1.29, 1.82) is 0 Å². The van der Waals surface area contributed by atoms with Crippen molar-refractivity contribution in [3.8, 4) is 5.75 Å². The number of nitrogens with two attached hydrogens (primary N) is 1. The van der Waals surface area contributed by atoms with Gasteiger partial charge in [-0.15, -0.1) is 0 Å². The summed E-state index contributed by atoms with van der Waals surface area (Å²) in [4.78, 5) is 0. The smallest absolute Gasteiger partial charge is 0.166 e. The fourth-order valence-corrected chi connectivity index (χ4v) is 1.36. The van der Waals surface area contributed by atoms with Crippen LogP contribution in [0, 0.1) is 5.82 Å². The van der Waals surface area contributed by atoms with Gasteiger partial charge in [-0.2, -0.15) is 0 Å². The van der Waals surface area contributed by atoms with Crippen LogP contribution in [-0.4, -0.2) is 11.7 Å². The maximum Gasteiger partial charge on any atom is 0.166 e. The number of hydrogen-bond donors (Lipinski definition) is 2. The van der Waals surface area contributed by atoms with Gasteiger partial charge in [0.05, 0.1) is 0 Å². The van der Waals surface area contributed by atoms with Crippen molar-refractivity contribution in [1.82, 2.24) is 0 Å². The standard InChI is InChI=1S/C9H9BrFNO/c10-7-4-6(2-1-3-12)9(13)8(11)5-7/h1-2,4-5,13H,3,12H2. The van der Waals surface area contributed by atoms with Crippen LogP contribution >= 0.6 is 15.9 Å². The molecule has 0 fully saturated rings. The molecule has 0 amide bonds. The molecule has 0 radical (unpaired) electrons. The Kier molecular flexibility index (Phi) is 3.45.